The molecule has 2 unspecified atom stereocenters. The third-order valence-electron chi connectivity index (χ3n) is 11.5. The van der Waals surface area contributed by atoms with Gasteiger partial charge in [-0.1, -0.05) is 18.2 Å². The van der Waals surface area contributed by atoms with Crippen LogP contribution in [0.2, 0.25) is 0 Å². The van der Waals surface area contributed by atoms with Gasteiger partial charge in [-0.15, -0.1) is 0 Å². The number of nitrogens with one attached hydrogen (secondary N) is 3. The molecule has 27 nitrogen and oxygen atoms in total. The molecule has 74 heavy (non-hydrogen) atoms. The highest BCUT2D eigenvalue weighted by molar-refractivity contribution is 7.66. The number of aliphatic hydroxyl groups excluding tert-OH is 1. The molecular weight excluding hydrogens is 1030 g/mol. The van der Waals surface area contributed by atoms with E-state index in [0.29, 0.717) is 42.0 Å². The molecule has 0 radical (unpaired) electrons. The van der Waals surface area contributed by atoms with E-state index in [1.54, 1.807) is 24.1 Å². The molecule has 0 spiro atoms. The number of aromatic nitrogens is 4. The van der Waals surface area contributed by atoms with E-state index in [1.165, 1.54) is 10.9 Å². The molecule has 0 bridgehead atoms. The van der Waals surface area contributed by atoms with Crippen LogP contribution in [-0.4, -0.2) is 132 Å². The minimum absolute atomic E-state index is 0.0268. The second-order valence-electron chi connectivity index (χ2n) is 16.8. The average Bonchev–Trinajstić information content (AvgIpc) is 3.89. The Morgan fingerprint density at radius 1 is 0.932 bits per heavy atom. The second-order valence-corrected chi connectivity index (χ2v) is 21.2. The lowest BCUT2D eigenvalue weighted by atomic mass is 9.89. The monoisotopic (exact) mass is 1090 g/mol. The lowest BCUT2D eigenvalue weighted by Crippen LogP contribution is -2.41. The fourth-order valence-corrected chi connectivity index (χ4v) is 11.3. The van der Waals surface area contributed by atoms with Crippen LogP contribution in [0.5, 0.6) is 0 Å². The molecule has 30 heteroatoms. The molecule has 3 aliphatic rings. The third kappa shape index (κ3) is 13.2. The summed E-state index contributed by atoms with van der Waals surface area (Å²) in [5, 5.41) is 21.4. The highest BCUT2D eigenvalue weighted by Gasteiger charge is 2.50. The Labute approximate surface area is 421 Å². The zero-order valence-electron chi connectivity index (χ0n) is 40.5. The minimum Gasteiger partial charge on any atom is -0.456 e. The predicted octanol–water partition coefficient (Wildman–Crippen LogP) is 4.26. The molecule has 2 aromatic carbocycles. The second kappa shape index (κ2) is 23.2. The number of hydrogen-bond donors (Lipinski definition) is 9. The van der Waals surface area contributed by atoms with Crippen molar-refractivity contribution in [2.24, 2.45) is 4.99 Å². The first-order valence-electron chi connectivity index (χ1n) is 22.9. The van der Waals surface area contributed by atoms with Gasteiger partial charge < -0.3 is 65.2 Å². The van der Waals surface area contributed by atoms with Gasteiger partial charge in [-0.05, 0) is 69.0 Å². The lowest BCUT2D eigenvalue weighted by molar-refractivity contribution is -0.121. The average molecular weight is 1090 g/mol. The Morgan fingerprint density at radius 3 is 2.41 bits per heavy atom. The molecular formula is C44H55N10O17P3. The number of amides is 3. The summed E-state index contributed by atoms with van der Waals surface area (Å²) in [6.07, 6.45) is -5.15. The van der Waals surface area contributed by atoms with E-state index in [-0.39, 0.29) is 54.9 Å². The molecule has 10 N–H and O–H groups in total. The molecule has 4 heterocycles. The Bertz CT molecular complexity index is 3260. The van der Waals surface area contributed by atoms with Crippen molar-refractivity contribution in [3.8, 4) is 22.5 Å². The minimum atomic E-state index is -5.87. The van der Waals surface area contributed by atoms with Crippen molar-refractivity contribution in [3.63, 3.8) is 0 Å². The SMILES string of the molecule is CCN=c1cc2oc3cc(NCC)c(C)cc3c(-c3ccccc3C(=O)N(C)CCCC(=O)NCCNC(=O)O[C@@H]3[C@H](O)[C@@H](COP(=O)(O)OP(=O)(O)OP(=O)(O)O)O[C@H]3n3cnc4c(N)ncnc43)c-2cc1C. The first kappa shape index (κ1) is 55.6. The summed E-state index contributed by atoms with van der Waals surface area (Å²) in [5.41, 5.74) is 12.4. The molecule has 6 atom stereocenters. The number of benzene rings is 3. The van der Waals surface area contributed by atoms with Gasteiger partial charge in [0, 0.05) is 86.1 Å². The quantitative estimate of drug-likeness (QED) is 0.0276. The van der Waals surface area contributed by atoms with Gasteiger partial charge in [0.05, 0.1) is 18.3 Å². The van der Waals surface area contributed by atoms with Gasteiger partial charge in [0.1, 0.15) is 35.4 Å². The van der Waals surface area contributed by atoms with E-state index < -0.39 is 60.7 Å². The molecule has 1 aliphatic carbocycles. The number of anilines is 2. The van der Waals surface area contributed by atoms with Crippen molar-refractivity contribution in [1.29, 1.82) is 0 Å². The van der Waals surface area contributed by atoms with Gasteiger partial charge in [-0.2, -0.15) is 8.62 Å². The largest absolute Gasteiger partial charge is 0.490 e. The smallest absolute Gasteiger partial charge is 0.456 e. The van der Waals surface area contributed by atoms with Crippen LogP contribution in [0.3, 0.4) is 0 Å². The number of carbonyl (C=O) groups is 3. The number of fused-ring (bicyclic) bond motifs is 3. The highest BCUT2D eigenvalue weighted by Crippen LogP contribution is 2.66. The van der Waals surface area contributed by atoms with E-state index in [9.17, 15) is 43.0 Å². The van der Waals surface area contributed by atoms with Crippen LogP contribution in [0.15, 0.2) is 70.6 Å². The van der Waals surface area contributed by atoms with E-state index in [1.807, 2.05) is 58.0 Å². The Balaban J connectivity index is 0.956. The van der Waals surface area contributed by atoms with Crippen LogP contribution in [-0.2, 0) is 41.1 Å². The Kier molecular flexibility index (Phi) is 17.4. The highest BCUT2D eigenvalue weighted by atomic mass is 31.3. The number of rotatable bonds is 21. The van der Waals surface area contributed by atoms with Crippen molar-refractivity contribution in [2.45, 2.75) is 65.1 Å². The van der Waals surface area contributed by atoms with Crippen LogP contribution in [0.4, 0.5) is 16.3 Å². The van der Waals surface area contributed by atoms with Crippen LogP contribution >= 0.6 is 23.5 Å². The maximum Gasteiger partial charge on any atom is 0.490 e. The summed E-state index contributed by atoms with van der Waals surface area (Å²) in [4.78, 5) is 95.6. The number of nitrogen functional groups attached to an aromatic ring is 1. The molecule has 1 saturated heterocycles. The first-order valence-corrected chi connectivity index (χ1v) is 27.4. The maximum absolute atomic E-state index is 14.3. The topological polar surface area (TPSA) is 384 Å². The zero-order valence-corrected chi connectivity index (χ0v) is 43.2. The number of phosphoric acid groups is 3. The van der Waals surface area contributed by atoms with E-state index in [4.69, 9.17) is 29.4 Å². The fraction of sp³-hybridized carbons (Fsp3) is 0.386. The van der Waals surface area contributed by atoms with Crippen molar-refractivity contribution in [2.75, 3.05) is 57.4 Å². The van der Waals surface area contributed by atoms with Crippen molar-refractivity contribution >= 4 is 75.0 Å². The zero-order chi connectivity index (χ0) is 53.7. The van der Waals surface area contributed by atoms with Gasteiger partial charge in [-0.3, -0.25) is 23.7 Å². The molecule has 7 rings (SSSR count). The van der Waals surface area contributed by atoms with Gasteiger partial charge in [0.2, 0.25) is 5.91 Å². The third-order valence-corrected chi connectivity index (χ3v) is 15.3. The summed E-state index contributed by atoms with van der Waals surface area (Å²) < 4.78 is 66.4. The number of hydrogen-bond acceptors (Lipinski definition) is 19. The van der Waals surface area contributed by atoms with Crippen molar-refractivity contribution in [1.82, 2.24) is 35.1 Å². The van der Waals surface area contributed by atoms with Crippen molar-refractivity contribution in [3.05, 3.63) is 83.2 Å². The summed E-state index contributed by atoms with van der Waals surface area (Å²) in [7, 11) is -15.5. The first-order chi connectivity index (χ1) is 35.0. The maximum atomic E-state index is 14.3. The predicted molar refractivity (Wildman–Crippen MR) is 265 cm³/mol. The molecule has 3 amide bonds. The summed E-state index contributed by atoms with van der Waals surface area (Å²) in [5.74, 6) is -0.0578. The standard InChI is InChI=1S/C44H55N10O17P3/c1-6-46-30-19-32-28(17-24(30)3)36(29-18-25(4)31(47-7-2)20-33(29)67-32)26-11-8-9-12-27(26)42(57)53(5)16-10-13-35(55)48-14-15-49-44(58)69-39-38(56)34(21-66-73(62,63)71-74(64,65)70-72(59,60)61)68-43(39)54-23-52-37-40(45)50-22-51-41(37)54/h8-9,11-12,17-20,22-23,34,38-39,43,46,56H,6-7,10,13-16,21H2,1-5H3,(H,48,55)(H,49,58)(H,62,63)(H,64,65)(H2,45,50,51)(H2,59,60,61)/t34-,38-,39-,43-/m1/s1. The van der Waals surface area contributed by atoms with Gasteiger partial charge in [-0.25, -0.2) is 33.4 Å². The van der Waals surface area contributed by atoms with Gasteiger partial charge in [0.25, 0.3) is 5.91 Å². The number of carbonyl (C=O) groups excluding carboxylic acids is 3. The Morgan fingerprint density at radius 2 is 1.68 bits per heavy atom. The number of ether oxygens (including phenoxy) is 2. The fourth-order valence-electron chi connectivity index (χ4n) is 8.23. The molecule has 398 valence electrons. The summed E-state index contributed by atoms with van der Waals surface area (Å²) in [6.45, 7) is 8.20. The molecule has 1 fully saturated rings. The van der Waals surface area contributed by atoms with Gasteiger partial charge in [0.15, 0.2) is 23.8 Å². The van der Waals surface area contributed by atoms with E-state index in [0.717, 1.165) is 45.0 Å². The van der Waals surface area contributed by atoms with Gasteiger partial charge >= 0.3 is 29.6 Å². The number of phosphoric ester groups is 1. The molecule has 2 aromatic heterocycles. The van der Waals surface area contributed by atoms with Crippen LogP contribution < -0.4 is 27.0 Å². The number of aryl methyl sites for hydroxylation is 2. The normalized spacial score (nSPS) is 18.8. The number of alkyl carbamates (subject to hydrolysis) is 1. The Hall–Kier alpha value is -6.18. The van der Waals surface area contributed by atoms with Crippen molar-refractivity contribution < 1.29 is 79.8 Å². The van der Waals surface area contributed by atoms with Crippen LogP contribution in [0, 0.1) is 13.8 Å². The van der Waals surface area contributed by atoms with E-state index >= 15 is 0 Å². The molecule has 0 saturated carbocycles. The number of nitrogens with two attached hydrogens (primary N) is 1. The molecule has 4 aromatic rings. The summed E-state index contributed by atoms with van der Waals surface area (Å²) >= 11 is 0. The van der Waals surface area contributed by atoms with E-state index in [2.05, 4.69) is 55.1 Å². The van der Waals surface area contributed by atoms with Crippen LogP contribution in [0.25, 0.3) is 44.6 Å². The van der Waals surface area contributed by atoms with Crippen LogP contribution in [0.1, 0.15) is 54.4 Å². The lowest BCUT2D eigenvalue weighted by Gasteiger charge is -2.22. The number of nitrogens with zero attached hydrogens (tertiary/aromatic N) is 6. The molecule has 2 aliphatic heterocycles. The summed E-state index contributed by atoms with van der Waals surface area (Å²) in [6, 6.07) is 15.4. The number of imidazole rings is 1. The number of aliphatic hydroxyl groups is 1.